The Kier molecular flexibility index (Phi) is 7.79. The highest BCUT2D eigenvalue weighted by Crippen LogP contribution is 2.33. The van der Waals surface area contributed by atoms with Crippen molar-refractivity contribution in [3.8, 4) is 17.6 Å². The molecular formula is C28H26F4N3O2+. The minimum atomic E-state index is -4.60. The molecule has 1 aliphatic rings. The lowest BCUT2D eigenvalue weighted by atomic mass is 10.1. The fourth-order valence-corrected chi connectivity index (χ4v) is 4.37. The molecule has 0 bridgehead atoms. The SMILES string of the molecule is COc1cc(C(=O)N2CC[N+](CC#Cc3cccnc3)(Cc3ccc(F)cc3)CC2)cc(C(F)(F)F)c1. The van der Waals surface area contributed by atoms with Gasteiger partial charge in [0.25, 0.3) is 5.91 Å². The van der Waals surface area contributed by atoms with Crippen LogP contribution in [0.1, 0.15) is 27.0 Å². The van der Waals surface area contributed by atoms with E-state index in [9.17, 15) is 22.4 Å². The maximum absolute atomic E-state index is 13.5. The smallest absolute Gasteiger partial charge is 0.416 e. The molecule has 1 aromatic heterocycles. The molecule has 0 aliphatic carbocycles. The van der Waals surface area contributed by atoms with Crippen LogP contribution in [0.5, 0.6) is 5.75 Å². The number of ether oxygens (including phenoxy) is 1. The molecule has 9 heteroatoms. The number of benzene rings is 2. The van der Waals surface area contributed by atoms with E-state index in [4.69, 9.17) is 4.74 Å². The maximum Gasteiger partial charge on any atom is 0.416 e. The van der Waals surface area contributed by atoms with Gasteiger partial charge in [-0.25, -0.2) is 4.39 Å². The highest BCUT2D eigenvalue weighted by atomic mass is 19.4. The van der Waals surface area contributed by atoms with E-state index in [1.165, 1.54) is 25.3 Å². The van der Waals surface area contributed by atoms with E-state index >= 15 is 0 Å². The van der Waals surface area contributed by atoms with Crippen molar-refractivity contribution < 1.29 is 31.6 Å². The third-order valence-electron chi connectivity index (χ3n) is 6.43. The zero-order valence-electron chi connectivity index (χ0n) is 20.3. The Balaban J connectivity index is 1.53. The first kappa shape index (κ1) is 26.2. The fraction of sp³-hybridized carbons (Fsp3) is 0.286. The van der Waals surface area contributed by atoms with E-state index in [2.05, 4.69) is 16.8 Å². The van der Waals surface area contributed by atoms with Gasteiger partial charge in [0.2, 0.25) is 0 Å². The summed E-state index contributed by atoms with van der Waals surface area (Å²) in [7, 11) is 1.26. The van der Waals surface area contributed by atoms with E-state index in [0.29, 0.717) is 43.8 Å². The van der Waals surface area contributed by atoms with E-state index in [-0.39, 0.29) is 17.1 Å². The first-order valence-electron chi connectivity index (χ1n) is 11.7. The van der Waals surface area contributed by atoms with Crippen molar-refractivity contribution in [2.24, 2.45) is 0 Å². The number of pyridine rings is 1. The molecule has 0 N–H and O–H groups in total. The maximum atomic E-state index is 13.5. The predicted octanol–water partition coefficient (Wildman–Crippen LogP) is 4.77. The number of alkyl halides is 3. The summed E-state index contributed by atoms with van der Waals surface area (Å²) in [6.07, 6.45) is -1.25. The second-order valence-electron chi connectivity index (χ2n) is 9.02. The van der Waals surface area contributed by atoms with Crippen LogP contribution in [0.15, 0.2) is 67.0 Å². The van der Waals surface area contributed by atoms with Crippen molar-refractivity contribution in [2.75, 3.05) is 39.8 Å². The summed E-state index contributed by atoms with van der Waals surface area (Å²) in [5.41, 5.74) is 0.725. The number of methoxy groups -OCH3 is 1. The summed E-state index contributed by atoms with van der Waals surface area (Å²) < 4.78 is 59.0. The van der Waals surface area contributed by atoms with Crippen LogP contribution >= 0.6 is 0 Å². The van der Waals surface area contributed by atoms with Crippen molar-refractivity contribution in [1.29, 1.82) is 0 Å². The number of hydrogen-bond acceptors (Lipinski definition) is 3. The van der Waals surface area contributed by atoms with E-state index in [1.54, 1.807) is 35.5 Å². The highest BCUT2D eigenvalue weighted by Gasteiger charge is 2.36. The fourth-order valence-electron chi connectivity index (χ4n) is 4.37. The molecule has 4 rings (SSSR count). The summed E-state index contributed by atoms with van der Waals surface area (Å²) in [6, 6.07) is 13.0. The number of hydrogen-bond donors (Lipinski definition) is 0. The van der Waals surface area contributed by atoms with Crippen molar-refractivity contribution in [2.45, 2.75) is 12.7 Å². The number of piperazine rings is 1. The molecule has 0 radical (unpaired) electrons. The van der Waals surface area contributed by atoms with Gasteiger partial charge in [0.1, 0.15) is 24.7 Å². The molecule has 1 amide bonds. The first-order chi connectivity index (χ1) is 17.7. The van der Waals surface area contributed by atoms with Crippen LogP contribution in [0.4, 0.5) is 17.6 Å². The van der Waals surface area contributed by atoms with Gasteiger partial charge in [-0.1, -0.05) is 18.1 Å². The van der Waals surface area contributed by atoms with E-state index in [1.807, 2.05) is 6.07 Å². The first-order valence-corrected chi connectivity index (χ1v) is 11.7. The van der Waals surface area contributed by atoms with Gasteiger partial charge < -0.3 is 14.1 Å². The molecule has 2 aromatic carbocycles. The molecule has 0 atom stereocenters. The third-order valence-corrected chi connectivity index (χ3v) is 6.43. The van der Waals surface area contributed by atoms with Crippen LogP contribution in [0.25, 0.3) is 0 Å². The molecule has 37 heavy (non-hydrogen) atoms. The molecular weight excluding hydrogens is 486 g/mol. The number of rotatable bonds is 5. The van der Waals surface area contributed by atoms with Crippen LogP contribution in [0.3, 0.4) is 0 Å². The lowest BCUT2D eigenvalue weighted by Gasteiger charge is -2.44. The number of halogens is 4. The zero-order valence-corrected chi connectivity index (χ0v) is 20.3. The van der Waals surface area contributed by atoms with Crippen molar-refractivity contribution in [1.82, 2.24) is 9.88 Å². The summed E-state index contributed by atoms with van der Waals surface area (Å²) in [6.45, 7) is 2.84. The normalized spacial score (nSPS) is 15.0. The van der Waals surface area contributed by atoms with Gasteiger partial charge in [-0.05, 0) is 48.4 Å². The highest BCUT2D eigenvalue weighted by molar-refractivity contribution is 5.95. The van der Waals surface area contributed by atoms with Gasteiger partial charge in [0, 0.05) is 29.1 Å². The lowest BCUT2D eigenvalue weighted by Crippen LogP contribution is -2.60. The second-order valence-corrected chi connectivity index (χ2v) is 9.02. The van der Waals surface area contributed by atoms with Gasteiger partial charge >= 0.3 is 6.18 Å². The molecule has 1 fully saturated rings. The van der Waals surface area contributed by atoms with Crippen LogP contribution in [0, 0.1) is 17.7 Å². The second kappa shape index (κ2) is 11.0. The average Bonchev–Trinajstić information content (AvgIpc) is 2.90. The number of aromatic nitrogens is 1. The number of nitrogens with zero attached hydrogens (tertiary/aromatic N) is 3. The van der Waals surface area contributed by atoms with Gasteiger partial charge in [-0.2, -0.15) is 13.2 Å². The van der Waals surface area contributed by atoms with E-state index in [0.717, 1.165) is 23.3 Å². The summed E-state index contributed by atoms with van der Waals surface area (Å²) >= 11 is 0. The number of amides is 1. The number of carbonyl (C=O) groups excluding carboxylic acids is 1. The molecule has 192 valence electrons. The van der Waals surface area contributed by atoms with Crippen LogP contribution in [0.2, 0.25) is 0 Å². The topological polar surface area (TPSA) is 42.4 Å². The minimum Gasteiger partial charge on any atom is -0.497 e. The molecule has 2 heterocycles. The standard InChI is InChI=1S/C28H26F4N3O2/c1-37-26-17-23(16-24(18-26)28(30,31)32)27(36)34-11-14-35(15-12-34,20-22-6-8-25(29)9-7-22)13-3-5-21-4-2-10-33-19-21/h2,4,6-10,16-19H,11-15,20H2,1H3/q+1. The Hall–Kier alpha value is -3.90. The Labute approximate surface area is 212 Å². The predicted molar refractivity (Wildman–Crippen MR) is 130 cm³/mol. The van der Waals surface area contributed by atoms with Gasteiger partial charge in [0.05, 0.1) is 38.9 Å². The molecule has 5 nitrogen and oxygen atoms in total. The van der Waals surface area contributed by atoms with E-state index < -0.39 is 17.6 Å². The van der Waals surface area contributed by atoms with Gasteiger partial charge in [-0.15, -0.1) is 0 Å². The zero-order chi connectivity index (χ0) is 26.5. The molecule has 0 unspecified atom stereocenters. The third kappa shape index (κ3) is 6.66. The monoisotopic (exact) mass is 512 g/mol. The molecule has 0 saturated carbocycles. The molecule has 1 aliphatic heterocycles. The lowest BCUT2D eigenvalue weighted by molar-refractivity contribution is -0.937. The van der Waals surface area contributed by atoms with Crippen molar-refractivity contribution in [3.05, 3.63) is 95.1 Å². The quantitative estimate of drug-likeness (QED) is 0.281. The summed E-state index contributed by atoms with van der Waals surface area (Å²) in [4.78, 5) is 18.8. The van der Waals surface area contributed by atoms with Crippen molar-refractivity contribution >= 4 is 5.91 Å². The Bertz CT molecular complexity index is 1290. The Morgan fingerprint density at radius 1 is 1.11 bits per heavy atom. The Morgan fingerprint density at radius 2 is 1.84 bits per heavy atom. The molecule has 1 saturated heterocycles. The van der Waals surface area contributed by atoms with Crippen molar-refractivity contribution in [3.63, 3.8) is 0 Å². The largest absolute Gasteiger partial charge is 0.497 e. The average molecular weight is 513 g/mol. The van der Waals surface area contributed by atoms with Crippen LogP contribution in [-0.2, 0) is 12.7 Å². The summed E-state index contributed by atoms with van der Waals surface area (Å²) in [5.74, 6) is 5.51. The van der Waals surface area contributed by atoms with Gasteiger partial charge in [-0.3, -0.25) is 9.78 Å². The summed E-state index contributed by atoms with van der Waals surface area (Å²) in [5, 5.41) is 0. The number of quaternary nitrogens is 1. The van der Waals surface area contributed by atoms with Gasteiger partial charge in [0.15, 0.2) is 0 Å². The minimum absolute atomic E-state index is 0.0256. The molecule has 0 spiro atoms. The number of carbonyl (C=O) groups is 1. The molecule has 3 aromatic rings. The Morgan fingerprint density at radius 3 is 2.46 bits per heavy atom. The van der Waals surface area contributed by atoms with Crippen LogP contribution < -0.4 is 4.74 Å². The van der Waals surface area contributed by atoms with Crippen LogP contribution in [-0.4, -0.2) is 60.1 Å².